The van der Waals surface area contributed by atoms with Crippen LogP contribution in [0.5, 0.6) is 0 Å². The number of carboxylic acids is 4. The Morgan fingerprint density at radius 3 is 0.846 bits per heavy atom. The van der Waals surface area contributed by atoms with Gasteiger partial charge in [0.05, 0.1) is 26.2 Å². The van der Waals surface area contributed by atoms with Crippen molar-refractivity contribution in [1.29, 1.82) is 0 Å². The molecule has 0 saturated carbocycles. The molecule has 0 heterocycles. The molecule has 0 aromatic carbocycles. The van der Waals surface area contributed by atoms with Crippen molar-refractivity contribution in [2.24, 2.45) is 0 Å². The van der Waals surface area contributed by atoms with Crippen molar-refractivity contribution in [2.75, 3.05) is 39.3 Å². The molecule has 0 spiro atoms. The Morgan fingerprint density at radius 1 is 0.577 bits per heavy atom. The van der Waals surface area contributed by atoms with Crippen molar-refractivity contribution in [3.8, 4) is 0 Å². The summed E-state index contributed by atoms with van der Waals surface area (Å²) in [5, 5.41) is 34.5. The first kappa shape index (κ1) is 47.0. The van der Waals surface area contributed by atoms with Crippen LogP contribution in [-0.4, -0.2) is 137 Å². The minimum atomic E-state index is -1.23. The van der Waals surface area contributed by atoms with Crippen molar-refractivity contribution in [3.63, 3.8) is 0 Å². The van der Waals surface area contributed by atoms with E-state index < -0.39 is 50.1 Å². The van der Waals surface area contributed by atoms with Crippen molar-refractivity contribution < 1.29 is 172 Å². The molecule has 0 radical (unpaired) electrons. The average molecular weight is 448 g/mol. The summed E-state index contributed by atoms with van der Waals surface area (Å²) in [7, 11) is 0. The van der Waals surface area contributed by atoms with Crippen LogP contribution >= 0.6 is 0 Å². The fourth-order valence-electron chi connectivity index (χ4n) is 1.48. The van der Waals surface area contributed by atoms with Crippen molar-refractivity contribution in [2.45, 2.75) is 0 Å². The van der Waals surface area contributed by atoms with Crippen LogP contribution in [0.25, 0.3) is 0 Å². The van der Waals surface area contributed by atoms with Crippen molar-refractivity contribution in [3.05, 3.63) is 0 Å². The zero-order valence-corrected chi connectivity index (χ0v) is 26.0. The Bertz CT molecular complexity index is 361. The third kappa shape index (κ3) is 31.7. The number of hydrogen-bond donors (Lipinski definition) is 4. The van der Waals surface area contributed by atoms with Crippen LogP contribution in [0.2, 0.25) is 0 Å². The molecule has 0 unspecified atom stereocenters. The van der Waals surface area contributed by atoms with Gasteiger partial charge in [-0.15, -0.1) is 0 Å². The Hall–Kier alpha value is 3.02. The van der Waals surface area contributed by atoms with Gasteiger partial charge < -0.3 is 34.5 Å². The number of hydrogen-bond acceptors (Lipinski definition) is 6. The molecule has 0 aromatic rings. The maximum atomic E-state index is 10.6. The zero-order valence-electron chi connectivity index (χ0n) is 21.8. The van der Waals surface area contributed by atoms with Gasteiger partial charge in [0.15, 0.2) is 0 Å². The summed E-state index contributed by atoms with van der Waals surface area (Å²) in [4.78, 5) is 44.4. The molecule has 0 amide bonds. The Morgan fingerprint density at radius 2 is 0.731 bits per heavy atom. The van der Waals surface area contributed by atoms with Crippen LogP contribution in [0.1, 0.15) is 8.56 Å². The number of rotatable bonds is 11. The molecular weight excluding hydrogens is 424 g/mol. The van der Waals surface area contributed by atoms with Gasteiger partial charge in [0.2, 0.25) is 0 Å². The van der Waals surface area contributed by atoms with Crippen molar-refractivity contribution >= 4 is 61.6 Å². The van der Waals surface area contributed by atoms with Gasteiger partial charge in [-0.3, -0.25) is 29.0 Å². The van der Waals surface area contributed by atoms with Gasteiger partial charge in [-0.25, -0.2) is 0 Å². The predicted octanol–water partition coefficient (Wildman–Crippen LogP) is -14.6. The molecule has 0 bridgehead atoms. The molecule has 6 N–H and O–H groups in total. The Balaban J connectivity index is -0.0000000273. The Labute approximate surface area is 278 Å². The second-order valence-electron chi connectivity index (χ2n) is 4.00. The summed E-state index contributed by atoms with van der Waals surface area (Å²) in [6.07, 6.45) is 0. The number of aliphatic carboxylic acids is 4. The van der Waals surface area contributed by atoms with E-state index >= 15 is 0 Å². The minimum absolute atomic E-state index is 0. The molecule has 0 saturated heterocycles. The van der Waals surface area contributed by atoms with Crippen LogP contribution in [0.15, 0.2) is 0 Å². The first-order valence-corrected chi connectivity index (χ1v) is 5.52. The van der Waals surface area contributed by atoms with Crippen molar-refractivity contribution in [1.82, 2.24) is 9.80 Å². The standard InChI is InChI=1S/C10H16N2O8.Ca.4Na.H2O.6H/c13-7(14)3-11(4-8(15)16)1-2-12(5-9(17)18)6-10(19)20;;;;;;;;;;;;/h1-6H2,(H,13,14)(H,15,16)(H,17,18)(H,19,20);;;;;;1H2;;;;;;/q;+2;4*+1;;6*-1. The number of carbonyl (C=O) groups is 4. The van der Waals surface area contributed by atoms with Crippen LogP contribution in [-0.2, 0) is 19.2 Å². The molecule has 0 fully saturated rings. The van der Waals surface area contributed by atoms with E-state index in [1.807, 2.05) is 0 Å². The van der Waals surface area contributed by atoms with Gasteiger partial charge in [0.25, 0.3) is 0 Å². The third-order valence-electron chi connectivity index (χ3n) is 2.17. The van der Waals surface area contributed by atoms with E-state index in [9.17, 15) is 19.2 Å². The monoisotopic (exact) mass is 448 g/mol. The maximum absolute atomic E-state index is 10.6. The summed E-state index contributed by atoms with van der Waals surface area (Å²) in [6.45, 7) is -2.25. The molecule has 0 aliphatic heterocycles. The summed E-state index contributed by atoms with van der Waals surface area (Å²) in [5.74, 6) is -4.91. The van der Waals surface area contributed by atoms with E-state index in [1.54, 1.807) is 0 Å². The SMILES string of the molecule is O.O=C(O)CN(CCN(CC(=O)O)CC(=O)O)CC(=O)O.[Ca+2].[H-].[H-].[H-].[H-].[H-].[H-].[Na+].[Na+].[Na+].[Na+]. The van der Waals surface area contributed by atoms with Crippen LogP contribution in [0.4, 0.5) is 0 Å². The first-order valence-electron chi connectivity index (χ1n) is 5.52. The molecule has 0 rings (SSSR count). The van der Waals surface area contributed by atoms with E-state index in [2.05, 4.69) is 0 Å². The van der Waals surface area contributed by atoms with Gasteiger partial charge in [-0.05, 0) is 0 Å². The van der Waals surface area contributed by atoms with Gasteiger partial charge in [-0.1, -0.05) is 0 Å². The molecule has 11 nitrogen and oxygen atoms in total. The minimum Gasteiger partial charge on any atom is -1.00 e. The van der Waals surface area contributed by atoms with Crippen LogP contribution in [0, 0.1) is 0 Å². The molecular formula is C10H24CaN2Na4O9. The normalized spacial score (nSPS) is 8.23. The molecule has 26 heavy (non-hydrogen) atoms. The smallest absolute Gasteiger partial charge is 1.00 e. The van der Waals surface area contributed by atoms with Gasteiger partial charge in [0, 0.05) is 13.1 Å². The van der Waals surface area contributed by atoms with E-state index in [4.69, 9.17) is 20.4 Å². The third-order valence-corrected chi connectivity index (χ3v) is 2.17. The fraction of sp³-hybridized carbons (Fsp3) is 0.600. The van der Waals surface area contributed by atoms with Gasteiger partial charge in [0.1, 0.15) is 0 Å². The van der Waals surface area contributed by atoms with Crippen LogP contribution < -0.4 is 118 Å². The first-order chi connectivity index (χ1) is 9.20. The zero-order chi connectivity index (χ0) is 15.7. The summed E-state index contributed by atoms with van der Waals surface area (Å²) >= 11 is 0. The molecule has 0 aliphatic carbocycles. The summed E-state index contributed by atoms with van der Waals surface area (Å²) in [6, 6.07) is 0. The summed E-state index contributed by atoms with van der Waals surface area (Å²) < 4.78 is 0. The van der Waals surface area contributed by atoms with Crippen LogP contribution in [0.3, 0.4) is 0 Å². The quantitative estimate of drug-likeness (QED) is 0.221. The number of nitrogens with zero attached hydrogens (tertiary/aromatic N) is 2. The van der Waals surface area contributed by atoms with E-state index in [-0.39, 0.29) is 183 Å². The molecule has 0 aliphatic rings. The second kappa shape index (κ2) is 28.0. The molecule has 16 heteroatoms. The molecule has 0 atom stereocenters. The number of carboxylic acid groups (broad SMARTS) is 4. The van der Waals surface area contributed by atoms with Gasteiger partial charge >= 0.3 is 180 Å². The topological polar surface area (TPSA) is 187 Å². The largest absolute Gasteiger partial charge is 2.00 e. The maximum Gasteiger partial charge on any atom is 2.00 e. The molecule has 0 aromatic heterocycles. The van der Waals surface area contributed by atoms with E-state index in [1.165, 1.54) is 0 Å². The Kier molecular flexibility index (Phi) is 50.6. The van der Waals surface area contributed by atoms with E-state index in [0.717, 1.165) is 9.80 Å². The van der Waals surface area contributed by atoms with E-state index in [0.29, 0.717) is 0 Å². The summed E-state index contributed by atoms with van der Waals surface area (Å²) in [5.41, 5.74) is 0. The van der Waals surface area contributed by atoms with Gasteiger partial charge in [-0.2, -0.15) is 0 Å². The molecule has 134 valence electrons. The second-order valence-corrected chi connectivity index (χ2v) is 4.00. The fourth-order valence-corrected chi connectivity index (χ4v) is 1.48. The predicted molar refractivity (Wildman–Crippen MR) is 79.5 cm³/mol. The average Bonchev–Trinajstić information content (AvgIpc) is 2.22.